The van der Waals surface area contributed by atoms with Gasteiger partial charge in [0.25, 0.3) is 11.5 Å². The quantitative estimate of drug-likeness (QED) is 0.731. The van der Waals surface area contributed by atoms with Gasteiger partial charge in [0.05, 0.1) is 19.0 Å². The van der Waals surface area contributed by atoms with E-state index in [2.05, 4.69) is 9.88 Å². The van der Waals surface area contributed by atoms with Gasteiger partial charge in [0.1, 0.15) is 5.69 Å². The van der Waals surface area contributed by atoms with Gasteiger partial charge in [-0.3, -0.25) is 18.7 Å². The molecular formula is C17H21N5O4. The Morgan fingerprint density at radius 2 is 1.77 bits per heavy atom. The molecule has 0 atom stereocenters. The lowest BCUT2D eigenvalue weighted by Gasteiger charge is -2.36. The van der Waals surface area contributed by atoms with E-state index in [0.29, 0.717) is 32.1 Å². The van der Waals surface area contributed by atoms with Gasteiger partial charge < -0.3 is 14.5 Å². The lowest BCUT2D eigenvalue weighted by molar-refractivity contribution is 0.0734. The van der Waals surface area contributed by atoms with Crippen LogP contribution in [0, 0.1) is 0 Å². The first-order valence-corrected chi connectivity index (χ1v) is 8.23. The van der Waals surface area contributed by atoms with Crippen LogP contribution in [-0.4, -0.2) is 58.2 Å². The minimum Gasteiger partial charge on any atom is -0.481 e. The van der Waals surface area contributed by atoms with Crippen LogP contribution in [0.25, 0.3) is 0 Å². The van der Waals surface area contributed by atoms with Crippen molar-refractivity contribution in [2.75, 3.05) is 38.2 Å². The second kappa shape index (κ2) is 7.03. The fourth-order valence-corrected chi connectivity index (χ4v) is 2.95. The number of piperazine rings is 1. The van der Waals surface area contributed by atoms with Gasteiger partial charge in [-0.2, -0.15) is 0 Å². The summed E-state index contributed by atoms with van der Waals surface area (Å²) in [5, 5.41) is 0. The zero-order valence-corrected chi connectivity index (χ0v) is 15.0. The second-order valence-electron chi connectivity index (χ2n) is 6.11. The molecule has 9 heteroatoms. The number of nitrogens with zero attached hydrogens (tertiary/aromatic N) is 5. The van der Waals surface area contributed by atoms with Crippen molar-refractivity contribution in [2.24, 2.45) is 14.1 Å². The Balaban J connectivity index is 1.73. The monoisotopic (exact) mass is 359 g/mol. The molecule has 0 radical (unpaired) electrons. The Labute approximate surface area is 150 Å². The number of aromatic nitrogens is 3. The van der Waals surface area contributed by atoms with E-state index in [9.17, 15) is 14.4 Å². The first-order valence-electron chi connectivity index (χ1n) is 8.23. The Hall–Kier alpha value is -3.10. The van der Waals surface area contributed by atoms with Crippen LogP contribution >= 0.6 is 0 Å². The van der Waals surface area contributed by atoms with Crippen LogP contribution in [0.2, 0.25) is 0 Å². The molecule has 1 fully saturated rings. The van der Waals surface area contributed by atoms with Crippen LogP contribution in [0.4, 0.5) is 5.69 Å². The fourth-order valence-electron chi connectivity index (χ4n) is 2.95. The third-order valence-electron chi connectivity index (χ3n) is 4.61. The number of carbonyl (C=O) groups excluding carboxylic acids is 1. The van der Waals surface area contributed by atoms with Gasteiger partial charge in [0, 0.05) is 52.4 Å². The summed E-state index contributed by atoms with van der Waals surface area (Å²) in [5.74, 6) is 0.240. The highest BCUT2D eigenvalue weighted by Crippen LogP contribution is 2.18. The van der Waals surface area contributed by atoms with Gasteiger partial charge in [0.15, 0.2) is 0 Å². The largest absolute Gasteiger partial charge is 0.481 e. The van der Waals surface area contributed by atoms with Gasteiger partial charge in [0.2, 0.25) is 5.88 Å². The number of hydrogen-bond donors (Lipinski definition) is 0. The van der Waals surface area contributed by atoms with Crippen molar-refractivity contribution >= 4 is 11.6 Å². The molecule has 0 saturated carbocycles. The normalized spacial score (nSPS) is 14.4. The summed E-state index contributed by atoms with van der Waals surface area (Å²) in [6, 6.07) is 4.93. The summed E-state index contributed by atoms with van der Waals surface area (Å²) in [7, 11) is 4.45. The predicted molar refractivity (Wildman–Crippen MR) is 95.8 cm³/mol. The topological polar surface area (TPSA) is 89.7 Å². The van der Waals surface area contributed by atoms with Gasteiger partial charge in [-0.1, -0.05) is 0 Å². The summed E-state index contributed by atoms with van der Waals surface area (Å²) in [5.41, 5.74) is 0.0692. The summed E-state index contributed by atoms with van der Waals surface area (Å²) < 4.78 is 7.24. The zero-order valence-electron chi connectivity index (χ0n) is 15.0. The molecule has 1 amide bonds. The van der Waals surface area contributed by atoms with E-state index in [0.717, 1.165) is 10.3 Å². The summed E-state index contributed by atoms with van der Waals surface area (Å²) in [4.78, 5) is 44.6. The number of amides is 1. The number of pyridine rings is 1. The maximum atomic E-state index is 12.7. The zero-order chi connectivity index (χ0) is 18.8. The first-order chi connectivity index (χ1) is 12.4. The Kier molecular flexibility index (Phi) is 4.79. The number of methoxy groups -OCH3 is 1. The van der Waals surface area contributed by atoms with Crippen molar-refractivity contribution in [1.82, 2.24) is 19.0 Å². The minimum absolute atomic E-state index is 0.109. The van der Waals surface area contributed by atoms with Crippen molar-refractivity contribution in [3.05, 3.63) is 50.9 Å². The molecule has 0 aromatic carbocycles. The molecular weight excluding hydrogens is 338 g/mol. The van der Waals surface area contributed by atoms with Gasteiger partial charge >= 0.3 is 5.69 Å². The highest BCUT2D eigenvalue weighted by Gasteiger charge is 2.25. The molecule has 0 N–H and O–H groups in total. The molecule has 2 aromatic rings. The predicted octanol–water partition coefficient (Wildman–Crippen LogP) is -0.550. The molecule has 3 rings (SSSR count). The van der Waals surface area contributed by atoms with Crippen molar-refractivity contribution < 1.29 is 9.53 Å². The third-order valence-corrected chi connectivity index (χ3v) is 4.61. The van der Waals surface area contributed by atoms with Crippen molar-refractivity contribution in [2.45, 2.75) is 0 Å². The SMILES string of the molecule is COc1ccc(N2CCN(C(=O)c3cc(=O)n(C)c(=O)n3C)CC2)cn1. The van der Waals surface area contributed by atoms with Crippen molar-refractivity contribution in [3.63, 3.8) is 0 Å². The molecule has 2 aromatic heterocycles. The second-order valence-corrected chi connectivity index (χ2v) is 6.11. The van der Waals surface area contributed by atoms with E-state index in [4.69, 9.17) is 4.74 Å². The van der Waals surface area contributed by atoms with E-state index in [-0.39, 0.29) is 11.6 Å². The fraction of sp³-hybridized carbons (Fsp3) is 0.412. The Morgan fingerprint density at radius 1 is 1.08 bits per heavy atom. The van der Waals surface area contributed by atoms with E-state index >= 15 is 0 Å². The lowest BCUT2D eigenvalue weighted by atomic mass is 10.2. The highest BCUT2D eigenvalue weighted by molar-refractivity contribution is 5.92. The smallest absolute Gasteiger partial charge is 0.331 e. The molecule has 138 valence electrons. The molecule has 9 nitrogen and oxygen atoms in total. The minimum atomic E-state index is -0.510. The molecule has 0 unspecified atom stereocenters. The average Bonchev–Trinajstić information content (AvgIpc) is 2.69. The van der Waals surface area contributed by atoms with E-state index in [1.165, 1.54) is 24.7 Å². The molecule has 26 heavy (non-hydrogen) atoms. The van der Waals surface area contributed by atoms with Crippen LogP contribution < -0.4 is 20.9 Å². The number of ether oxygens (including phenoxy) is 1. The number of carbonyl (C=O) groups is 1. The molecule has 1 saturated heterocycles. The summed E-state index contributed by atoms with van der Waals surface area (Å²) >= 11 is 0. The van der Waals surface area contributed by atoms with Crippen LogP contribution in [0.1, 0.15) is 10.5 Å². The Bertz CT molecular complexity index is 924. The van der Waals surface area contributed by atoms with E-state index in [1.807, 2.05) is 6.07 Å². The van der Waals surface area contributed by atoms with Crippen molar-refractivity contribution in [3.8, 4) is 5.88 Å². The van der Waals surface area contributed by atoms with Gasteiger partial charge in [-0.15, -0.1) is 0 Å². The number of rotatable bonds is 3. The van der Waals surface area contributed by atoms with Crippen LogP contribution in [0.5, 0.6) is 5.88 Å². The highest BCUT2D eigenvalue weighted by atomic mass is 16.5. The van der Waals surface area contributed by atoms with Gasteiger partial charge in [-0.25, -0.2) is 9.78 Å². The molecule has 1 aliphatic rings. The molecule has 3 heterocycles. The standard InChI is InChI=1S/C17H21N5O4/c1-19-13(10-15(23)20(2)17(19)25)16(24)22-8-6-21(7-9-22)12-4-5-14(26-3)18-11-12/h4-5,10-11H,6-9H2,1-3H3. The first kappa shape index (κ1) is 17.7. The van der Waals surface area contributed by atoms with Gasteiger partial charge in [-0.05, 0) is 6.07 Å². The number of hydrogen-bond acceptors (Lipinski definition) is 6. The molecule has 0 aliphatic carbocycles. The van der Waals surface area contributed by atoms with Crippen LogP contribution in [-0.2, 0) is 14.1 Å². The van der Waals surface area contributed by atoms with Crippen LogP contribution in [0.3, 0.4) is 0 Å². The summed E-state index contributed by atoms with van der Waals surface area (Å²) in [6.45, 7) is 2.26. The van der Waals surface area contributed by atoms with E-state index in [1.54, 1.807) is 24.3 Å². The third kappa shape index (κ3) is 3.19. The maximum Gasteiger partial charge on any atom is 0.331 e. The average molecular weight is 359 g/mol. The summed E-state index contributed by atoms with van der Waals surface area (Å²) in [6.07, 6.45) is 1.74. The van der Waals surface area contributed by atoms with Crippen LogP contribution in [0.15, 0.2) is 34.0 Å². The molecule has 0 bridgehead atoms. The van der Waals surface area contributed by atoms with E-state index < -0.39 is 11.2 Å². The lowest BCUT2D eigenvalue weighted by Crippen LogP contribution is -2.50. The van der Waals surface area contributed by atoms with Crippen molar-refractivity contribution in [1.29, 1.82) is 0 Å². The Morgan fingerprint density at radius 3 is 2.35 bits per heavy atom. The maximum absolute atomic E-state index is 12.7. The molecule has 1 aliphatic heterocycles. The molecule has 0 spiro atoms. The number of anilines is 1.